The molecule has 1 aliphatic heterocycles. The zero-order valence-electron chi connectivity index (χ0n) is 19.8. The molecular weight excluding hydrogens is 452 g/mol. The highest BCUT2D eigenvalue weighted by Gasteiger charge is 2.24. The number of hydrogen-bond donors (Lipinski definition) is 2. The van der Waals surface area contributed by atoms with Crippen molar-refractivity contribution in [2.45, 2.75) is 18.7 Å². The van der Waals surface area contributed by atoms with Gasteiger partial charge in [-0.3, -0.25) is 9.52 Å². The van der Waals surface area contributed by atoms with Gasteiger partial charge >= 0.3 is 0 Å². The second kappa shape index (κ2) is 8.90. The lowest BCUT2D eigenvalue weighted by molar-refractivity contribution is 0.102. The Balaban J connectivity index is 1.63. The molecule has 8 nitrogen and oxygen atoms in total. The SMILES string of the molecule is COc1ccc(NC(=O)c2ccc3c(c2)N(C)CN3C)cc1S(=O)(=O)Nc1c(C)cccc1C. The van der Waals surface area contributed by atoms with E-state index in [0.29, 0.717) is 16.9 Å². The summed E-state index contributed by atoms with van der Waals surface area (Å²) in [5, 5.41) is 2.81. The summed E-state index contributed by atoms with van der Waals surface area (Å²) in [6.45, 7) is 4.42. The number of benzene rings is 3. The van der Waals surface area contributed by atoms with Crippen molar-refractivity contribution >= 4 is 38.7 Å². The van der Waals surface area contributed by atoms with E-state index in [1.807, 2.05) is 58.3 Å². The van der Waals surface area contributed by atoms with Gasteiger partial charge in [0.1, 0.15) is 10.6 Å². The Morgan fingerprint density at radius 2 is 1.62 bits per heavy atom. The highest BCUT2D eigenvalue weighted by Crippen LogP contribution is 2.35. The molecule has 2 N–H and O–H groups in total. The van der Waals surface area contributed by atoms with Gasteiger partial charge in [-0.2, -0.15) is 0 Å². The fraction of sp³-hybridized carbons (Fsp3) is 0.240. The molecule has 0 radical (unpaired) electrons. The van der Waals surface area contributed by atoms with Crippen LogP contribution >= 0.6 is 0 Å². The highest BCUT2D eigenvalue weighted by atomic mass is 32.2. The minimum atomic E-state index is -3.98. The molecule has 0 bridgehead atoms. The Labute approximate surface area is 200 Å². The van der Waals surface area contributed by atoms with Gasteiger partial charge in [0, 0.05) is 25.3 Å². The lowest BCUT2D eigenvalue weighted by Gasteiger charge is -2.16. The van der Waals surface area contributed by atoms with E-state index in [-0.39, 0.29) is 16.6 Å². The molecule has 0 saturated carbocycles. The van der Waals surface area contributed by atoms with Gasteiger partial charge in [0.05, 0.1) is 30.8 Å². The fourth-order valence-electron chi connectivity index (χ4n) is 4.10. The maximum absolute atomic E-state index is 13.3. The first-order valence-corrected chi connectivity index (χ1v) is 12.2. The predicted octanol–water partition coefficient (Wildman–Crippen LogP) is 4.21. The zero-order chi connectivity index (χ0) is 24.6. The van der Waals surface area contributed by atoms with Crippen LogP contribution in [0.25, 0.3) is 0 Å². The van der Waals surface area contributed by atoms with E-state index in [0.717, 1.165) is 29.2 Å². The van der Waals surface area contributed by atoms with Gasteiger partial charge in [-0.1, -0.05) is 18.2 Å². The van der Waals surface area contributed by atoms with Crippen LogP contribution in [0.15, 0.2) is 59.5 Å². The number of ether oxygens (including phenoxy) is 1. The number of carbonyl (C=O) groups excluding carboxylic acids is 1. The molecule has 4 rings (SSSR count). The van der Waals surface area contributed by atoms with E-state index < -0.39 is 10.0 Å². The van der Waals surface area contributed by atoms with Crippen LogP contribution in [-0.4, -0.2) is 42.2 Å². The number of fused-ring (bicyclic) bond motifs is 1. The Hall–Kier alpha value is -3.72. The van der Waals surface area contributed by atoms with Crippen LogP contribution in [0.2, 0.25) is 0 Å². The molecule has 0 unspecified atom stereocenters. The van der Waals surface area contributed by atoms with E-state index >= 15 is 0 Å². The van der Waals surface area contributed by atoms with Gasteiger partial charge in [-0.15, -0.1) is 0 Å². The quantitative estimate of drug-likeness (QED) is 0.549. The first-order chi connectivity index (χ1) is 16.1. The summed E-state index contributed by atoms with van der Waals surface area (Å²) in [4.78, 5) is 17.1. The van der Waals surface area contributed by atoms with E-state index in [4.69, 9.17) is 4.74 Å². The molecule has 1 amide bonds. The van der Waals surface area contributed by atoms with Crippen molar-refractivity contribution in [1.82, 2.24) is 0 Å². The standard InChI is InChI=1S/C25H28N4O4S/c1-16-7-6-8-17(2)24(16)27-34(31,32)23-14-19(10-12-22(23)33-5)26-25(30)18-9-11-20-21(13-18)29(4)15-28(20)3/h6-14,27H,15H2,1-5H3,(H,26,30). The molecule has 0 fully saturated rings. The third-order valence-electron chi connectivity index (χ3n) is 5.91. The van der Waals surface area contributed by atoms with Gasteiger partial charge in [-0.25, -0.2) is 8.42 Å². The summed E-state index contributed by atoms with van der Waals surface area (Å²) < 4.78 is 34.5. The Morgan fingerprint density at radius 3 is 2.29 bits per heavy atom. The molecule has 1 aliphatic rings. The molecule has 1 heterocycles. The maximum atomic E-state index is 13.3. The molecule has 0 saturated heterocycles. The monoisotopic (exact) mass is 480 g/mol. The first kappa shape index (κ1) is 23.4. The lowest BCUT2D eigenvalue weighted by Crippen LogP contribution is -2.23. The third kappa shape index (κ3) is 4.38. The highest BCUT2D eigenvalue weighted by molar-refractivity contribution is 7.92. The summed E-state index contributed by atoms with van der Waals surface area (Å²) in [5.41, 5.74) is 4.97. The molecule has 3 aromatic rings. The summed E-state index contributed by atoms with van der Waals surface area (Å²) in [6.07, 6.45) is 0. The number of aryl methyl sites for hydroxylation is 2. The van der Waals surface area contributed by atoms with Crippen molar-refractivity contribution in [3.8, 4) is 5.75 Å². The number of rotatable bonds is 6. The van der Waals surface area contributed by atoms with Gasteiger partial charge in [0.2, 0.25) is 0 Å². The van der Waals surface area contributed by atoms with Crippen LogP contribution in [-0.2, 0) is 10.0 Å². The average molecular weight is 481 g/mol. The molecule has 0 aliphatic carbocycles. The van der Waals surface area contributed by atoms with Gasteiger partial charge < -0.3 is 19.9 Å². The van der Waals surface area contributed by atoms with Crippen molar-refractivity contribution in [1.29, 1.82) is 0 Å². The van der Waals surface area contributed by atoms with Crippen molar-refractivity contribution in [2.75, 3.05) is 47.7 Å². The van der Waals surface area contributed by atoms with E-state index in [9.17, 15) is 13.2 Å². The van der Waals surface area contributed by atoms with Crippen molar-refractivity contribution in [3.63, 3.8) is 0 Å². The zero-order valence-corrected chi connectivity index (χ0v) is 20.7. The van der Waals surface area contributed by atoms with Crippen LogP contribution in [0.5, 0.6) is 5.75 Å². The molecule has 178 valence electrons. The van der Waals surface area contributed by atoms with Gasteiger partial charge in [0.15, 0.2) is 0 Å². The number of methoxy groups -OCH3 is 1. The summed E-state index contributed by atoms with van der Waals surface area (Å²) in [5.74, 6) is -0.152. The molecular formula is C25H28N4O4S. The van der Waals surface area contributed by atoms with Gasteiger partial charge in [-0.05, 0) is 61.4 Å². The number of hydrogen-bond acceptors (Lipinski definition) is 6. The third-order valence-corrected chi connectivity index (χ3v) is 7.28. The number of sulfonamides is 1. The minimum Gasteiger partial charge on any atom is -0.495 e. The topological polar surface area (TPSA) is 91.0 Å². The van der Waals surface area contributed by atoms with E-state index in [2.05, 4.69) is 19.8 Å². The average Bonchev–Trinajstić information content (AvgIpc) is 3.09. The molecule has 34 heavy (non-hydrogen) atoms. The van der Waals surface area contributed by atoms with Crippen LogP contribution in [0.3, 0.4) is 0 Å². The number of nitrogens with one attached hydrogen (secondary N) is 2. The molecule has 0 atom stereocenters. The lowest BCUT2D eigenvalue weighted by atomic mass is 10.1. The Bertz CT molecular complexity index is 1350. The Kier molecular flexibility index (Phi) is 6.14. The van der Waals surface area contributed by atoms with E-state index in [1.54, 1.807) is 12.1 Å². The first-order valence-electron chi connectivity index (χ1n) is 10.8. The maximum Gasteiger partial charge on any atom is 0.265 e. The van der Waals surface area contributed by atoms with E-state index in [1.165, 1.54) is 19.2 Å². The summed E-state index contributed by atoms with van der Waals surface area (Å²) in [7, 11) is 1.38. The Morgan fingerprint density at radius 1 is 0.941 bits per heavy atom. The number of carbonyl (C=O) groups is 1. The second-order valence-electron chi connectivity index (χ2n) is 8.43. The molecule has 0 spiro atoms. The molecule has 0 aromatic heterocycles. The number of nitrogens with zero attached hydrogens (tertiary/aromatic N) is 2. The largest absolute Gasteiger partial charge is 0.495 e. The molecule has 9 heteroatoms. The van der Waals surface area contributed by atoms with Crippen LogP contribution in [0, 0.1) is 13.8 Å². The number of anilines is 4. The van der Waals surface area contributed by atoms with Crippen LogP contribution < -0.4 is 24.6 Å². The van der Waals surface area contributed by atoms with Crippen LogP contribution in [0.4, 0.5) is 22.7 Å². The van der Waals surface area contributed by atoms with Crippen molar-refractivity contribution in [2.24, 2.45) is 0 Å². The molecule has 3 aromatic carbocycles. The predicted molar refractivity (Wildman–Crippen MR) is 136 cm³/mol. The second-order valence-corrected chi connectivity index (χ2v) is 10.1. The van der Waals surface area contributed by atoms with Crippen LogP contribution in [0.1, 0.15) is 21.5 Å². The normalized spacial score (nSPS) is 13.0. The number of amides is 1. The summed E-state index contributed by atoms with van der Waals surface area (Å²) >= 11 is 0. The van der Waals surface area contributed by atoms with Gasteiger partial charge in [0.25, 0.3) is 15.9 Å². The smallest absolute Gasteiger partial charge is 0.265 e. The van der Waals surface area contributed by atoms with Crippen molar-refractivity contribution < 1.29 is 17.9 Å². The number of para-hydroxylation sites is 1. The summed E-state index contributed by atoms with van der Waals surface area (Å²) in [6, 6.07) is 15.6. The fourth-order valence-corrected chi connectivity index (χ4v) is 5.50. The minimum absolute atomic E-state index is 0.0641. The van der Waals surface area contributed by atoms with Crippen molar-refractivity contribution in [3.05, 3.63) is 71.3 Å².